The van der Waals surface area contributed by atoms with Crippen LogP contribution in [0.4, 0.5) is 0 Å². The number of carbonyl (C=O) groups excluding carboxylic acids is 1. The molecule has 2 aromatic rings. The molecule has 0 radical (unpaired) electrons. The van der Waals surface area contributed by atoms with E-state index in [1.54, 1.807) is 30.3 Å². The van der Waals surface area contributed by atoms with E-state index in [4.69, 9.17) is 9.68 Å². The summed E-state index contributed by atoms with van der Waals surface area (Å²) in [5, 5.41) is 8.29. The zero-order valence-electron chi connectivity index (χ0n) is 12.2. The number of hydrogen-bond donors (Lipinski definition) is 0. The zero-order chi connectivity index (χ0) is 16.4. The highest BCUT2D eigenvalue weighted by atomic mass is 32.2. The Balaban J connectivity index is 1.64. The Bertz CT molecular complexity index is 860. The van der Waals surface area contributed by atoms with Crippen molar-refractivity contribution in [1.82, 2.24) is 4.90 Å². The minimum atomic E-state index is -3.35. The highest BCUT2D eigenvalue weighted by molar-refractivity contribution is 7.91. The number of furan rings is 1. The van der Waals surface area contributed by atoms with Gasteiger partial charge in [0.05, 0.1) is 23.1 Å². The minimum Gasteiger partial charge on any atom is -0.468 e. The molecule has 118 valence electrons. The molecule has 7 heteroatoms. The number of likely N-dealkylation sites (tertiary alicyclic amines) is 1. The van der Waals surface area contributed by atoms with Gasteiger partial charge in [0.15, 0.2) is 9.84 Å². The van der Waals surface area contributed by atoms with E-state index in [1.165, 1.54) is 17.2 Å². The van der Waals surface area contributed by atoms with Crippen LogP contribution < -0.4 is 0 Å². The number of rotatable bonds is 4. The van der Waals surface area contributed by atoms with E-state index in [2.05, 4.69) is 0 Å². The molecule has 0 bridgehead atoms. The second-order valence-corrected chi connectivity index (χ2v) is 7.69. The molecule has 1 amide bonds. The Morgan fingerprint density at radius 2 is 2.09 bits per heavy atom. The lowest BCUT2D eigenvalue weighted by Gasteiger charge is -2.38. The van der Waals surface area contributed by atoms with Gasteiger partial charge in [-0.25, -0.2) is 8.42 Å². The molecule has 0 N–H and O–H groups in total. The van der Waals surface area contributed by atoms with Crippen molar-refractivity contribution in [3.05, 3.63) is 59.5 Å². The fraction of sp³-hybridized carbons (Fsp3) is 0.250. The molecule has 0 saturated carbocycles. The van der Waals surface area contributed by atoms with Crippen molar-refractivity contribution >= 4 is 15.7 Å². The fourth-order valence-corrected chi connectivity index (χ4v) is 4.06. The van der Waals surface area contributed by atoms with Gasteiger partial charge in [0, 0.05) is 18.7 Å². The van der Waals surface area contributed by atoms with Crippen LogP contribution in [0.5, 0.6) is 0 Å². The fourth-order valence-electron chi connectivity index (χ4n) is 2.45. The predicted molar refractivity (Wildman–Crippen MR) is 82.2 cm³/mol. The van der Waals surface area contributed by atoms with Gasteiger partial charge in [0.1, 0.15) is 11.5 Å². The summed E-state index contributed by atoms with van der Waals surface area (Å²) in [6, 6.07) is 11.6. The number of benzene rings is 1. The molecular weight excluding hydrogens is 316 g/mol. The second kappa shape index (κ2) is 5.89. The SMILES string of the molecule is N#Cc1cccc(C(=O)N2CC(S(=O)(=O)Cc3ccco3)C2)c1. The molecule has 0 spiro atoms. The van der Waals surface area contributed by atoms with Crippen molar-refractivity contribution in [3.63, 3.8) is 0 Å². The summed E-state index contributed by atoms with van der Waals surface area (Å²) < 4.78 is 29.6. The first-order valence-electron chi connectivity index (χ1n) is 7.03. The van der Waals surface area contributed by atoms with E-state index in [0.717, 1.165) is 0 Å². The van der Waals surface area contributed by atoms with Gasteiger partial charge >= 0.3 is 0 Å². The van der Waals surface area contributed by atoms with Crippen molar-refractivity contribution in [2.45, 2.75) is 11.0 Å². The molecule has 0 unspecified atom stereocenters. The average molecular weight is 330 g/mol. The van der Waals surface area contributed by atoms with E-state index in [9.17, 15) is 13.2 Å². The molecule has 1 aromatic carbocycles. The first-order valence-corrected chi connectivity index (χ1v) is 8.74. The van der Waals surface area contributed by atoms with Crippen LogP contribution in [0.2, 0.25) is 0 Å². The lowest BCUT2D eigenvalue weighted by Crippen LogP contribution is -2.57. The standard InChI is InChI=1S/C16H14N2O4S/c17-8-12-3-1-4-13(7-12)16(19)18-9-15(10-18)23(20,21)11-14-5-2-6-22-14/h1-7,15H,9-11H2. The summed E-state index contributed by atoms with van der Waals surface area (Å²) in [5.74, 6) is -0.0144. The highest BCUT2D eigenvalue weighted by Crippen LogP contribution is 2.22. The first kappa shape index (κ1) is 15.3. The minimum absolute atomic E-state index is 0.156. The Morgan fingerprint density at radius 1 is 1.30 bits per heavy atom. The number of nitrogens with zero attached hydrogens (tertiary/aromatic N) is 2. The molecular formula is C16H14N2O4S. The molecule has 2 heterocycles. The summed E-state index contributed by atoms with van der Waals surface area (Å²) in [6.07, 6.45) is 1.43. The van der Waals surface area contributed by atoms with Crippen LogP contribution in [0.3, 0.4) is 0 Å². The molecule has 3 rings (SSSR count). The number of hydrogen-bond acceptors (Lipinski definition) is 5. The molecule has 6 nitrogen and oxygen atoms in total. The Morgan fingerprint density at radius 3 is 2.74 bits per heavy atom. The summed E-state index contributed by atoms with van der Waals surface area (Å²) >= 11 is 0. The Kier molecular flexibility index (Phi) is 3.92. The predicted octanol–water partition coefficient (Wildman–Crippen LogP) is 1.59. The molecule has 0 aliphatic carbocycles. The molecule has 1 fully saturated rings. The van der Waals surface area contributed by atoms with Gasteiger partial charge in [0.2, 0.25) is 0 Å². The normalized spacial score (nSPS) is 15.0. The molecule has 1 saturated heterocycles. The van der Waals surface area contributed by atoms with Crippen molar-refractivity contribution in [2.75, 3.05) is 13.1 Å². The van der Waals surface area contributed by atoms with Crippen LogP contribution in [-0.4, -0.2) is 37.6 Å². The Hall–Kier alpha value is -2.59. The molecule has 1 aliphatic rings. The van der Waals surface area contributed by atoms with Crippen molar-refractivity contribution in [3.8, 4) is 6.07 Å². The van der Waals surface area contributed by atoms with Crippen LogP contribution in [0, 0.1) is 11.3 Å². The maximum absolute atomic E-state index is 12.3. The number of nitriles is 1. The lowest BCUT2D eigenvalue weighted by molar-refractivity contribution is 0.0658. The summed E-state index contributed by atoms with van der Waals surface area (Å²) in [6.45, 7) is 0.331. The highest BCUT2D eigenvalue weighted by Gasteiger charge is 2.40. The molecule has 0 atom stereocenters. The molecule has 23 heavy (non-hydrogen) atoms. The zero-order valence-corrected chi connectivity index (χ0v) is 13.0. The van der Waals surface area contributed by atoms with Gasteiger partial charge in [-0.05, 0) is 30.3 Å². The van der Waals surface area contributed by atoms with E-state index in [0.29, 0.717) is 16.9 Å². The first-order chi connectivity index (χ1) is 11.0. The maximum atomic E-state index is 12.3. The lowest BCUT2D eigenvalue weighted by atomic mass is 10.1. The van der Waals surface area contributed by atoms with Gasteiger partial charge in [-0.2, -0.15) is 5.26 Å². The van der Waals surface area contributed by atoms with Gasteiger partial charge < -0.3 is 9.32 Å². The van der Waals surface area contributed by atoms with Crippen LogP contribution in [0.1, 0.15) is 21.7 Å². The van der Waals surface area contributed by atoms with Gasteiger partial charge in [-0.3, -0.25) is 4.79 Å². The van der Waals surface area contributed by atoms with E-state index in [-0.39, 0.29) is 24.7 Å². The summed E-state index contributed by atoms with van der Waals surface area (Å²) in [7, 11) is -3.35. The number of amides is 1. The third-order valence-corrected chi connectivity index (χ3v) is 5.81. The van der Waals surface area contributed by atoms with Crippen molar-refractivity contribution in [1.29, 1.82) is 5.26 Å². The van der Waals surface area contributed by atoms with Gasteiger partial charge in [-0.1, -0.05) is 6.07 Å². The maximum Gasteiger partial charge on any atom is 0.253 e. The smallest absolute Gasteiger partial charge is 0.253 e. The monoisotopic (exact) mass is 330 g/mol. The topological polar surface area (TPSA) is 91.4 Å². The molecule has 1 aliphatic heterocycles. The van der Waals surface area contributed by atoms with Crippen molar-refractivity contribution in [2.24, 2.45) is 0 Å². The van der Waals surface area contributed by atoms with Crippen LogP contribution >= 0.6 is 0 Å². The third-order valence-electron chi connectivity index (χ3n) is 3.81. The van der Waals surface area contributed by atoms with Crippen molar-refractivity contribution < 1.29 is 17.6 Å². The van der Waals surface area contributed by atoms with Gasteiger partial charge in [0.25, 0.3) is 5.91 Å². The second-order valence-electron chi connectivity index (χ2n) is 5.41. The largest absolute Gasteiger partial charge is 0.468 e. The van der Waals surface area contributed by atoms with Crippen LogP contribution in [-0.2, 0) is 15.6 Å². The van der Waals surface area contributed by atoms with Crippen LogP contribution in [0.25, 0.3) is 0 Å². The van der Waals surface area contributed by atoms with E-state index < -0.39 is 15.1 Å². The third kappa shape index (κ3) is 3.12. The van der Waals surface area contributed by atoms with Crippen LogP contribution in [0.15, 0.2) is 47.1 Å². The summed E-state index contributed by atoms with van der Waals surface area (Å²) in [4.78, 5) is 13.8. The van der Waals surface area contributed by atoms with E-state index >= 15 is 0 Å². The quantitative estimate of drug-likeness (QED) is 0.849. The summed E-state index contributed by atoms with van der Waals surface area (Å²) in [5.41, 5.74) is 0.796. The average Bonchev–Trinajstić information content (AvgIpc) is 2.97. The van der Waals surface area contributed by atoms with Gasteiger partial charge in [-0.15, -0.1) is 0 Å². The number of sulfone groups is 1. The van der Waals surface area contributed by atoms with E-state index in [1.807, 2.05) is 6.07 Å². The Labute approximate surface area is 133 Å². The molecule has 1 aromatic heterocycles. The number of carbonyl (C=O) groups is 1.